The number of benzene rings is 3. The summed E-state index contributed by atoms with van der Waals surface area (Å²) < 4.78 is 7.50. The van der Waals surface area contributed by atoms with Gasteiger partial charge in [0.25, 0.3) is 5.91 Å². The molecular formula is C24H19Br2ClN2O3S. The highest BCUT2D eigenvalue weighted by atomic mass is 79.9. The molecule has 170 valence electrons. The van der Waals surface area contributed by atoms with Crippen LogP contribution < -0.4 is 15.0 Å². The highest BCUT2D eigenvalue weighted by molar-refractivity contribution is 9.11. The lowest BCUT2D eigenvalue weighted by atomic mass is 10.1. The van der Waals surface area contributed by atoms with E-state index in [0.29, 0.717) is 26.7 Å². The fraction of sp³-hybridized carbons (Fsp3) is 0.167. The van der Waals surface area contributed by atoms with E-state index in [0.717, 1.165) is 21.3 Å². The van der Waals surface area contributed by atoms with Crippen LogP contribution in [0.4, 0.5) is 11.4 Å². The minimum Gasteiger partial charge on any atom is -0.482 e. The molecule has 1 atom stereocenters. The minimum atomic E-state index is -0.317. The molecule has 33 heavy (non-hydrogen) atoms. The molecule has 5 nitrogen and oxygen atoms in total. The number of hydrogen-bond acceptors (Lipinski definition) is 4. The molecule has 0 aromatic heterocycles. The molecule has 0 aliphatic carbocycles. The quantitative estimate of drug-likeness (QED) is 0.328. The van der Waals surface area contributed by atoms with Crippen molar-refractivity contribution in [3.63, 3.8) is 0 Å². The molecule has 1 saturated heterocycles. The molecule has 3 aromatic carbocycles. The lowest BCUT2D eigenvalue weighted by Gasteiger charge is -2.26. The van der Waals surface area contributed by atoms with Crippen LogP contribution in [0.2, 0.25) is 5.02 Å². The van der Waals surface area contributed by atoms with Gasteiger partial charge in [0.2, 0.25) is 5.91 Å². The Balaban J connectivity index is 1.59. The van der Waals surface area contributed by atoms with Crippen LogP contribution in [0.25, 0.3) is 0 Å². The summed E-state index contributed by atoms with van der Waals surface area (Å²) in [6.07, 6.45) is 0. The van der Waals surface area contributed by atoms with Crippen molar-refractivity contribution < 1.29 is 14.3 Å². The van der Waals surface area contributed by atoms with E-state index < -0.39 is 0 Å². The van der Waals surface area contributed by atoms with E-state index in [1.54, 1.807) is 17.0 Å². The summed E-state index contributed by atoms with van der Waals surface area (Å²) in [5, 5.41) is 3.13. The van der Waals surface area contributed by atoms with Crippen LogP contribution in [-0.2, 0) is 9.59 Å². The number of thioether (sulfide) groups is 1. The average molecular weight is 611 g/mol. The van der Waals surface area contributed by atoms with Gasteiger partial charge in [0, 0.05) is 26.4 Å². The monoisotopic (exact) mass is 608 g/mol. The Labute approximate surface area is 218 Å². The number of amides is 2. The molecule has 0 spiro atoms. The second-order valence-electron chi connectivity index (χ2n) is 7.42. The number of carbonyl (C=O) groups is 2. The minimum absolute atomic E-state index is 0.00781. The van der Waals surface area contributed by atoms with E-state index in [9.17, 15) is 9.59 Å². The normalized spacial score (nSPS) is 15.6. The van der Waals surface area contributed by atoms with Gasteiger partial charge in [-0.3, -0.25) is 14.5 Å². The number of halogens is 3. The zero-order chi connectivity index (χ0) is 23.5. The van der Waals surface area contributed by atoms with Gasteiger partial charge in [-0.25, -0.2) is 0 Å². The Bertz CT molecular complexity index is 1210. The van der Waals surface area contributed by atoms with E-state index in [1.165, 1.54) is 11.8 Å². The molecular weight excluding hydrogens is 592 g/mol. The SMILES string of the molecule is Cc1cccc(NC(=O)COc2c(Br)cc(Br)cc2[C@H]2SCC(=O)N2c2ccc(Cl)cc2)c1. The van der Waals surface area contributed by atoms with Crippen LogP contribution in [-0.4, -0.2) is 24.2 Å². The molecule has 1 aliphatic heterocycles. The summed E-state index contributed by atoms with van der Waals surface area (Å²) in [4.78, 5) is 27.0. The number of anilines is 2. The molecule has 3 aromatic rings. The molecule has 0 saturated carbocycles. The Kier molecular flexibility index (Phi) is 7.69. The Morgan fingerprint density at radius 3 is 2.67 bits per heavy atom. The van der Waals surface area contributed by atoms with Gasteiger partial charge < -0.3 is 10.1 Å². The van der Waals surface area contributed by atoms with Crippen molar-refractivity contribution in [3.05, 3.63) is 85.8 Å². The number of ether oxygens (including phenoxy) is 1. The van der Waals surface area contributed by atoms with Gasteiger partial charge in [0.15, 0.2) is 6.61 Å². The standard InChI is InChI=1S/C24H19Br2ClN2O3S/c1-14-3-2-4-17(9-14)28-21(30)12-32-23-19(10-15(25)11-20(23)26)24-29(22(31)13-33-24)18-7-5-16(27)6-8-18/h2-11,24H,12-13H2,1H3,(H,28,30)/t24-/m1/s1. The van der Waals surface area contributed by atoms with Crippen molar-refractivity contribution in [2.75, 3.05) is 22.6 Å². The van der Waals surface area contributed by atoms with Gasteiger partial charge in [-0.05, 0) is 76.9 Å². The smallest absolute Gasteiger partial charge is 0.262 e. The highest BCUT2D eigenvalue weighted by Crippen LogP contribution is 2.48. The first-order valence-electron chi connectivity index (χ1n) is 9.99. The van der Waals surface area contributed by atoms with Gasteiger partial charge in [-0.2, -0.15) is 0 Å². The molecule has 0 unspecified atom stereocenters. The molecule has 2 amide bonds. The molecule has 0 radical (unpaired) electrons. The van der Waals surface area contributed by atoms with E-state index >= 15 is 0 Å². The number of rotatable bonds is 6. The summed E-state index contributed by atoms with van der Waals surface area (Å²) in [6.45, 7) is 1.79. The van der Waals surface area contributed by atoms with Crippen LogP contribution in [0.3, 0.4) is 0 Å². The van der Waals surface area contributed by atoms with Gasteiger partial charge in [-0.1, -0.05) is 39.7 Å². The molecule has 1 heterocycles. The fourth-order valence-electron chi connectivity index (χ4n) is 3.51. The molecule has 4 rings (SSSR count). The van der Waals surface area contributed by atoms with Crippen molar-refractivity contribution in [2.24, 2.45) is 0 Å². The van der Waals surface area contributed by atoms with Crippen molar-refractivity contribution in [1.29, 1.82) is 0 Å². The predicted molar refractivity (Wildman–Crippen MR) is 141 cm³/mol. The van der Waals surface area contributed by atoms with Gasteiger partial charge in [-0.15, -0.1) is 11.8 Å². The summed E-state index contributed by atoms with van der Waals surface area (Å²) in [7, 11) is 0. The summed E-state index contributed by atoms with van der Waals surface area (Å²) >= 11 is 14.6. The van der Waals surface area contributed by atoms with Gasteiger partial charge in [0.05, 0.1) is 10.2 Å². The van der Waals surface area contributed by atoms with Crippen molar-refractivity contribution in [1.82, 2.24) is 0 Å². The van der Waals surface area contributed by atoms with Crippen LogP contribution in [0.5, 0.6) is 5.75 Å². The lowest BCUT2D eigenvalue weighted by Crippen LogP contribution is -2.28. The van der Waals surface area contributed by atoms with Crippen molar-refractivity contribution >= 4 is 78.4 Å². The van der Waals surface area contributed by atoms with E-state index in [1.807, 2.05) is 55.5 Å². The zero-order valence-corrected chi connectivity index (χ0v) is 22.2. The van der Waals surface area contributed by atoms with Gasteiger partial charge >= 0.3 is 0 Å². The summed E-state index contributed by atoms with van der Waals surface area (Å²) in [6, 6.07) is 18.5. The predicted octanol–water partition coefficient (Wildman–Crippen LogP) is 6.97. The number of hydrogen-bond donors (Lipinski definition) is 1. The third-order valence-electron chi connectivity index (χ3n) is 4.93. The fourth-order valence-corrected chi connectivity index (χ4v) is 6.19. The number of aryl methyl sites for hydroxylation is 1. The maximum atomic E-state index is 12.8. The van der Waals surface area contributed by atoms with Crippen molar-refractivity contribution in [3.8, 4) is 5.75 Å². The lowest BCUT2D eigenvalue weighted by molar-refractivity contribution is -0.118. The van der Waals surface area contributed by atoms with Crippen LogP contribution in [0.15, 0.2) is 69.6 Å². The first-order chi connectivity index (χ1) is 15.8. The molecule has 0 bridgehead atoms. The van der Waals surface area contributed by atoms with E-state index in [2.05, 4.69) is 37.2 Å². The first kappa shape index (κ1) is 24.1. The van der Waals surface area contributed by atoms with Gasteiger partial charge in [0.1, 0.15) is 11.1 Å². The number of nitrogens with one attached hydrogen (secondary N) is 1. The topological polar surface area (TPSA) is 58.6 Å². The average Bonchev–Trinajstić information content (AvgIpc) is 3.14. The maximum Gasteiger partial charge on any atom is 0.262 e. The highest BCUT2D eigenvalue weighted by Gasteiger charge is 2.36. The van der Waals surface area contributed by atoms with Crippen molar-refractivity contribution in [2.45, 2.75) is 12.3 Å². The Morgan fingerprint density at radius 2 is 1.94 bits per heavy atom. The molecule has 9 heteroatoms. The largest absolute Gasteiger partial charge is 0.482 e. The maximum absolute atomic E-state index is 12.8. The molecule has 1 fully saturated rings. The third-order valence-corrected chi connectivity index (χ3v) is 7.42. The van der Waals surface area contributed by atoms with E-state index in [-0.39, 0.29) is 23.8 Å². The number of nitrogens with zero attached hydrogens (tertiary/aromatic N) is 1. The van der Waals surface area contributed by atoms with Crippen LogP contribution >= 0.6 is 55.2 Å². The van der Waals surface area contributed by atoms with E-state index in [4.69, 9.17) is 16.3 Å². The second kappa shape index (κ2) is 10.5. The zero-order valence-electron chi connectivity index (χ0n) is 17.5. The van der Waals surface area contributed by atoms with Crippen LogP contribution in [0.1, 0.15) is 16.5 Å². The Hall–Kier alpha value is -2.00. The second-order valence-corrected chi connectivity index (χ2v) is 10.7. The summed E-state index contributed by atoms with van der Waals surface area (Å²) in [5.41, 5.74) is 3.30. The molecule has 1 aliphatic rings. The molecule has 1 N–H and O–H groups in total. The van der Waals surface area contributed by atoms with Crippen LogP contribution in [0, 0.1) is 6.92 Å². The summed E-state index contributed by atoms with van der Waals surface area (Å²) in [5.74, 6) is 0.575. The first-order valence-corrected chi connectivity index (χ1v) is 13.0. The number of carbonyl (C=O) groups excluding carboxylic acids is 2. The third kappa shape index (κ3) is 5.74. The Morgan fingerprint density at radius 1 is 1.18 bits per heavy atom.